The van der Waals surface area contributed by atoms with Gasteiger partial charge in [-0.2, -0.15) is 5.10 Å². The quantitative estimate of drug-likeness (QED) is 0.422. The highest BCUT2D eigenvalue weighted by Crippen LogP contribution is 2.40. The maximum absolute atomic E-state index is 14.8. The number of aromatic hydroxyl groups is 1. The van der Waals surface area contributed by atoms with Crippen molar-refractivity contribution < 1.29 is 14.3 Å². The number of hydrogen-bond donors (Lipinski definition) is 2. The van der Waals surface area contributed by atoms with Gasteiger partial charge in [0, 0.05) is 35.8 Å². The first-order valence-corrected chi connectivity index (χ1v) is 11.5. The number of halogens is 1. The molecule has 1 aliphatic heterocycles. The predicted molar refractivity (Wildman–Crippen MR) is 130 cm³/mol. The van der Waals surface area contributed by atoms with Gasteiger partial charge >= 0.3 is 0 Å². The minimum Gasteiger partial charge on any atom is -0.507 e. The Morgan fingerprint density at radius 3 is 2.62 bits per heavy atom. The van der Waals surface area contributed by atoms with Gasteiger partial charge < -0.3 is 10.8 Å². The topological polar surface area (TPSA) is 91.8 Å². The minimum absolute atomic E-state index is 0.0487. The van der Waals surface area contributed by atoms with E-state index >= 15 is 0 Å². The number of aromatic nitrogens is 1. The molecule has 0 spiro atoms. The Kier molecular flexibility index (Phi) is 5.91. The summed E-state index contributed by atoms with van der Waals surface area (Å²) in [4.78, 5) is 19.1. The van der Waals surface area contributed by atoms with Gasteiger partial charge in [0.05, 0.1) is 22.2 Å². The number of thiophene rings is 1. The van der Waals surface area contributed by atoms with Crippen LogP contribution in [0.1, 0.15) is 38.8 Å². The number of nitrogens with two attached hydrogens (primary N) is 1. The van der Waals surface area contributed by atoms with Gasteiger partial charge in [0.25, 0.3) is 5.91 Å². The van der Waals surface area contributed by atoms with Crippen LogP contribution >= 0.6 is 11.3 Å². The molecule has 0 fully saturated rings. The molecule has 3 N–H and O–H groups in total. The van der Waals surface area contributed by atoms with Crippen LogP contribution in [0.5, 0.6) is 5.75 Å². The fourth-order valence-corrected chi connectivity index (χ4v) is 4.96. The molecular formula is C26H21FN4O2S. The Bertz CT molecular complexity index is 1350. The summed E-state index contributed by atoms with van der Waals surface area (Å²) in [6, 6.07) is 18.4. The first-order chi connectivity index (χ1) is 16.5. The van der Waals surface area contributed by atoms with Gasteiger partial charge in [-0.05, 0) is 41.5 Å². The molecule has 1 unspecified atom stereocenters. The van der Waals surface area contributed by atoms with Crippen molar-refractivity contribution in [3.8, 4) is 16.2 Å². The van der Waals surface area contributed by atoms with E-state index in [0.29, 0.717) is 17.1 Å². The van der Waals surface area contributed by atoms with E-state index in [4.69, 9.17) is 5.73 Å². The van der Waals surface area contributed by atoms with Crippen molar-refractivity contribution in [2.24, 2.45) is 10.8 Å². The van der Waals surface area contributed by atoms with Crippen molar-refractivity contribution in [3.63, 3.8) is 0 Å². The lowest BCUT2D eigenvalue weighted by molar-refractivity contribution is 0.0712. The molecule has 3 heterocycles. The molecule has 2 aromatic heterocycles. The molecule has 1 aliphatic rings. The molecule has 170 valence electrons. The number of phenolic OH excluding ortho intramolecular Hbond substituents is 1. The highest BCUT2D eigenvalue weighted by molar-refractivity contribution is 7.17. The average Bonchev–Trinajstić information content (AvgIpc) is 3.53. The third-order valence-electron chi connectivity index (χ3n) is 5.77. The van der Waals surface area contributed by atoms with Crippen LogP contribution in [0.25, 0.3) is 10.4 Å². The molecule has 1 atom stereocenters. The van der Waals surface area contributed by atoms with Gasteiger partial charge in [0.2, 0.25) is 0 Å². The summed E-state index contributed by atoms with van der Waals surface area (Å²) in [7, 11) is 0. The molecule has 0 bridgehead atoms. The van der Waals surface area contributed by atoms with E-state index in [2.05, 4.69) is 10.1 Å². The van der Waals surface area contributed by atoms with Crippen molar-refractivity contribution in [1.29, 1.82) is 0 Å². The van der Waals surface area contributed by atoms with Gasteiger partial charge in [0.15, 0.2) is 0 Å². The second kappa shape index (κ2) is 9.17. The van der Waals surface area contributed by atoms with E-state index in [1.807, 2.05) is 36.4 Å². The van der Waals surface area contributed by atoms with Crippen LogP contribution in [0, 0.1) is 5.82 Å². The smallest absolute Gasteiger partial charge is 0.284 e. The van der Waals surface area contributed by atoms with Crippen molar-refractivity contribution in [2.75, 3.05) is 0 Å². The number of benzene rings is 2. The van der Waals surface area contributed by atoms with E-state index in [9.17, 15) is 14.3 Å². The number of nitrogens with zero attached hydrogens (tertiary/aromatic N) is 3. The molecule has 4 aromatic rings. The predicted octanol–water partition coefficient (Wildman–Crippen LogP) is 5.11. The lowest BCUT2D eigenvalue weighted by Crippen LogP contribution is -2.27. The Hall–Kier alpha value is -3.88. The molecule has 34 heavy (non-hydrogen) atoms. The average molecular weight is 473 g/mol. The molecule has 1 amide bonds. The van der Waals surface area contributed by atoms with Crippen LogP contribution in [0.2, 0.25) is 0 Å². The summed E-state index contributed by atoms with van der Waals surface area (Å²) < 4.78 is 14.8. The number of amides is 1. The first-order valence-electron chi connectivity index (χ1n) is 10.7. The molecule has 2 aromatic carbocycles. The highest BCUT2D eigenvalue weighted by Gasteiger charge is 2.37. The number of carbonyl (C=O) groups excluding carboxylic acids is 1. The lowest BCUT2D eigenvalue weighted by Gasteiger charge is -2.22. The number of carbonyl (C=O) groups is 1. The molecule has 0 saturated heterocycles. The highest BCUT2D eigenvalue weighted by atomic mass is 32.1. The number of hydrogen-bond acceptors (Lipinski definition) is 6. The molecular weight excluding hydrogens is 451 g/mol. The van der Waals surface area contributed by atoms with Crippen molar-refractivity contribution in [3.05, 3.63) is 107 Å². The Morgan fingerprint density at radius 2 is 1.91 bits per heavy atom. The van der Waals surface area contributed by atoms with Gasteiger partial charge in [-0.15, -0.1) is 11.3 Å². The van der Waals surface area contributed by atoms with Gasteiger partial charge in [-0.25, -0.2) is 9.40 Å². The zero-order valence-corrected chi connectivity index (χ0v) is 18.9. The SMILES string of the molecule is NCc1ccc(-c2ccc(C(=O)N3N=C(c4cccnc4)CC3c3c(O)cccc3F)s2)cc1. The maximum Gasteiger partial charge on any atom is 0.284 e. The summed E-state index contributed by atoms with van der Waals surface area (Å²) in [5.74, 6) is -1.16. The Labute approximate surface area is 199 Å². The zero-order valence-electron chi connectivity index (χ0n) is 18.1. The summed E-state index contributed by atoms with van der Waals surface area (Å²) in [5.41, 5.74) is 9.07. The standard InChI is InChI=1S/C26H21FN4O2S/c27-19-4-1-5-22(32)25(19)21-13-20(18-3-2-12-29-15-18)30-31(21)26(33)24-11-10-23(34-24)17-8-6-16(14-28)7-9-17/h1-12,15,21,32H,13-14,28H2. The summed E-state index contributed by atoms with van der Waals surface area (Å²) in [5, 5.41) is 16.3. The Balaban J connectivity index is 1.51. The molecule has 0 saturated carbocycles. The fraction of sp³-hybridized carbons (Fsp3) is 0.115. The second-order valence-corrected chi connectivity index (χ2v) is 8.98. The molecule has 8 heteroatoms. The number of hydrazone groups is 1. The number of pyridine rings is 1. The normalized spacial score (nSPS) is 15.4. The van der Waals surface area contributed by atoms with E-state index in [1.165, 1.54) is 34.5 Å². The third-order valence-corrected chi connectivity index (χ3v) is 6.89. The van der Waals surface area contributed by atoms with Gasteiger partial charge in [-0.1, -0.05) is 36.4 Å². The van der Waals surface area contributed by atoms with Crippen molar-refractivity contribution >= 4 is 23.0 Å². The van der Waals surface area contributed by atoms with Gasteiger partial charge in [0.1, 0.15) is 11.6 Å². The van der Waals surface area contributed by atoms with Crippen molar-refractivity contribution in [1.82, 2.24) is 9.99 Å². The minimum atomic E-state index is -0.779. The molecule has 5 rings (SSSR count). The molecule has 0 aliphatic carbocycles. The summed E-state index contributed by atoms with van der Waals surface area (Å²) in [6.07, 6.45) is 3.55. The third kappa shape index (κ3) is 4.09. The zero-order chi connectivity index (χ0) is 23.7. The van der Waals surface area contributed by atoms with Crippen LogP contribution in [-0.2, 0) is 6.54 Å². The summed E-state index contributed by atoms with van der Waals surface area (Å²) in [6.45, 7) is 0.463. The van der Waals surface area contributed by atoms with Crippen LogP contribution in [0.3, 0.4) is 0 Å². The fourth-order valence-electron chi connectivity index (χ4n) is 4.01. The maximum atomic E-state index is 14.8. The lowest BCUT2D eigenvalue weighted by atomic mass is 9.97. The van der Waals surface area contributed by atoms with E-state index in [-0.39, 0.29) is 23.6 Å². The van der Waals surface area contributed by atoms with Crippen molar-refractivity contribution in [2.45, 2.75) is 19.0 Å². The molecule has 6 nitrogen and oxygen atoms in total. The largest absolute Gasteiger partial charge is 0.507 e. The van der Waals surface area contributed by atoms with E-state index < -0.39 is 11.9 Å². The first kappa shape index (κ1) is 21.9. The van der Waals surface area contributed by atoms with Gasteiger partial charge in [-0.3, -0.25) is 9.78 Å². The number of phenols is 1. The van der Waals surface area contributed by atoms with E-state index in [0.717, 1.165) is 21.6 Å². The molecule has 0 radical (unpaired) electrons. The Morgan fingerprint density at radius 1 is 1.09 bits per heavy atom. The van der Waals surface area contributed by atoms with Crippen LogP contribution in [0.15, 0.2) is 84.2 Å². The monoisotopic (exact) mass is 472 g/mol. The van der Waals surface area contributed by atoms with E-state index in [1.54, 1.807) is 24.5 Å². The summed E-state index contributed by atoms with van der Waals surface area (Å²) >= 11 is 1.34. The second-order valence-electron chi connectivity index (χ2n) is 7.90. The number of rotatable bonds is 5. The van der Waals surface area contributed by atoms with Crippen LogP contribution in [-0.4, -0.2) is 26.7 Å². The van der Waals surface area contributed by atoms with Crippen LogP contribution in [0.4, 0.5) is 4.39 Å². The van der Waals surface area contributed by atoms with Crippen LogP contribution < -0.4 is 5.73 Å².